The van der Waals surface area contributed by atoms with Crippen molar-refractivity contribution in [2.45, 2.75) is 25.7 Å². The molecule has 0 saturated heterocycles. The SMILES string of the molecule is CCSc1cccc(-n2nc(C)cc2C)c1C#N. The van der Waals surface area contributed by atoms with Gasteiger partial charge in [-0.2, -0.15) is 10.4 Å². The van der Waals surface area contributed by atoms with Crippen LogP contribution in [-0.4, -0.2) is 15.5 Å². The van der Waals surface area contributed by atoms with Crippen LogP contribution in [0.3, 0.4) is 0 Å². The Bertz CT molecular complexity index is 608. The molecule has 1 aromatic heterocycles. The van der Waals surface area contributed by atoms with E-state index in [1.807, 2.05) is 42.8 Å². The predicted molar refractivity (Wildman–Crippen MR) is 74.2 cm³/mol. The molecule has 0 bridgehead atoms. The number of nitrogens with zero attached hydrogens (tertiary/aromatic N) is 3. The van der Waals surface area contributed by atoms with Crippen LogP contribution in [0.15, 0.2) is 29.2 Å². The fourth-order valence-corrected chi connectivity index (χ4v) is 2.74. The van der Waals surface area contributed by atoms with Crippen molar-refractivity contribution >= 4 is 11.8 Å². The average Bonchev–Trinajstić information content (AvgIpc) is 2.68. The molecule has 0 fully saturated rings. The van der Waals surface area contributed by atoms with Gasteiger partial charge in [-0.15, -0.1) is 11.8 Å². The number of benzene rings is 1. The van der Waals surface area contributed by atoms with Crippen molar-refractivity contribution in [1.29, 1.82) is 5.26 Å². The first kappa shape index (κ1) is 12.7. The minimum Gasteiger partial charge on any atom is -0.236 e. The van der Waals surface area contributed by atoms with E-state index in [1.54, 1.807) is 11.8 Å². The van der Waals surface area contributed by atoms with E-state index in [2.05, 4.69) is 18.1 Å². The standard InChI is InChI=1S/C14H15N3S/c1-4-18-14-7-5-6-13(12(14)9-15)17-11(3)8-10(2)16-17/h5-8H,4H2,1-3H3. The highest BCUT2D eigenvalue weighted by Gasteiger charge is 2.12. The van der Waals surface area contributed by atoms with Gasteiger partial charge in [0.1, 0.15) is 6.07 Å². The fraction of sp³-hybridized carbons (Fsp3) is 0.286. The average molecular weight is 257 g/mol. The molecule has 0 amide bonds. The molecule has 4 heteroatoms. The van der Waals surface area contributed by atoms with E-state index < -0.39 is 0 Å². The first-order valence-corrected chi connectivity index (χ1v) is 6.85. The molecule has 0 aliphatic rings. The monoisotopic (exact) mass is 257 g/mol. The Morgan fingerprint density at radius 1 is 1.39 bits per heavy atom. The summed E-state index contributed by atoms with van der Waals surface area (Å²) >= 11 is 1.68. The van der Waals surface area contributed by atoms with Crippen molar-refractivity contribution in [3.63, 3.8) is 0 Å². The molecule has 92 valence electrons. The Morgan fingerprint density at radius 3 is 2.72 bits per heavy atom. The quantitative estimate of drug-likeness (QED) is 0.791. The molecule has 0 saturated carbocycles. The maximum absolute atomic E-state index is 9.38. The number of hydrogen-bond acceptors (Lipinski definition) is 3. The van der Waals surface area contributed by atoms with Crippen molar-refractivity contribution < 1.29 is 0 Å². The molecule has 1 aromatic carbocycles. The second kappa shape index (κ2) is 5.28. The van der Waals surface area contributed by atoms with E-state index in [1.165, 1.54) is 0 Å². The molecule has 0 aliphatic carbocycles. The third-order valence-electron chi connectivity index (χ3n) is 2.65. The van der Waals surface area contributed by atoms with Crippen LogP contribution >= 0.6 is 11.8 Å². The van der Waals surface area contributed by atoms with Gasteiger partial charge < -0.3 is 0 Å². The van der Waals surface area contributed by atoms with E-state index in [4.69, 9.17) is 0 Å². The van der Waals surface area contributed by atoms with Crippen LogP contribution in [0.2, 0.25) is 0 Å². The molecule has 0 N–H and O–H groups in total. The zero-order valence-electron chi connectivity index (χ0n) is 10.8. The van der Waals surface area contributed by atoms with Gasteiger partial charge in [-0.05, 0) is 37.8 Å². The predicted octanol–water partition coefficient (Wildman–Crippen LogP) is 3.47. The van der Waals surface area contributed by atoms with Crippen molar-refractivity contribution in [1.82, 2.24) is 9.78 Å². The number of aryl methyl sites for hydroxylation is 2. The lowest BCUT2D eigenvalue weighted by Crippen LogP contribution is -2.02. The molecular formula is C14H15N3S. The van der Waals surface area contributed by atoms with Gasteiger partial charge in [-0.25, -0.2) is 4.68 Å². The molecule has 0 radical (unpaired) electrons. The van der Waals surface area contributed by atoms with Gasteiger partial charge in [0.05, 0.1) is 16.9 Å². The van der Waals surface area contributed by atoms with Crippen LogP contribution in [0.5, 0.6) is 0 Å². The zero-order valence-corrected chi connectivity index (χ0v) is 11.6. The van der Waals surface area contributed by atoms with Gasteiger partial charge in [0, 0.05) is 10.6 Å². The van der Waals surface area contributed by atoms with Gasteiger partial charge in [0.15, 0.2) is 0 Å². The van der Waals surface area contributed by atoms with E-state index >= 15 is 0 Å². The molecule has 18 heavy (non-hydrogen) atoms. The fourth-order valence-electron chi connectivity index (χ4n) is 1.96. The van der Waals surface area contributed by atoms with Gasteiger partial charge in [0.2, 0.25) is 0 Å². The Hall–Kier alpha value is -1.73. The number of hydrogen-bond donors (Lipinski definition) is 0. The topological polar surface area (TPSA) is 41.6 Å². The molecule has 1 heterocycles. The number of aromatic nitrogens is 2. The van der Waals surface area contributed by atoms with Crippen LogP contribution in [-0.2, 0) is 0 Å². The van der Waals surface area contributed by atoms with E-state index in [9.17, 15) is 5.26 Å². The summed E-state index contributed by atoms with van der Waals surface area (Å²) in [6.07, 6.45) is 0. The Kier molecular flexibility index (Phi) is 3.73. The highest BCUT2D eigenvalue weighted by Crippen LogP contribution is 2.27. The molecule has 0 atom stereocenters. The lowest BCUT2D eigenvalue weighted by atomic mass is 10.2. The van der Waals surface area contributed by atoms with Crippen LogP contribution < -0.4 is 0 Å². The third kappa shape index (κ3) is 2.27. The van der Waals surface area contributed by atoms with E-state index in [-0.39, 0.29) is 0 Å². The van der Waals surface area contributed by atoms with Gasteiger partial charge in [0.25, 0.3) is 0 Å². The highest BCUT2D eigenvalue weighted by atomic mass is 32.2. The van der Waals surface area contributed by atoms with Gasteiger partial charge in [-0.1, -0.05) is 13.0 Å². The molecule has 0 unspecified atom stereocenters. The molecule has 2 rings (SSSR count). The summed E-state index contributed by atoms with van der Waals surface area (Å²) in [4.78, 5) is 1.02. The van der Waals surface area contributed by atoms with E-state index in [0.29, 0.717) is 5.56 Å². The van der Waals surface area contributed by atoms with Crippen molar-refractivity contribution in [2.75, 3.05) is 5.75 Å². The number of rotatable bonds is 3. The molecule has 0 aliphatic heterocycles. The molecule has 3 nitrogen and oxygen atoms in total. The number of nitriles is 1. The smallest absolute Gasteiger partial charge is 0.103 e. The molecule has 2 aromatic rings. The second-order valence-corrected chi connectivity index (χ2v) is 5.34. The Morgan fingerprint density at radius 2 is 2.17 bits per heavy atom. The largest absolute Gasteiger partial charge is 0.236 e. The summed E-state index contributed by atoms with van der Waals surface area (Å²) in [6, 6.07) is 10.2. The van der Waals surface area contributed by atoms with Gasteiger partial charge >= 0.3 is 0 Å². The van der Waals surface area contributed by atoms with Crippen molar-refractivity contribution in [3.05, 3.63) is 41.2 Å². The lowest BCUT2D eigenvalue weighted by Gasteiger charge is -2.09. The van der Waals surface area contributed by atoms with E-state index in [0.717, 1.165) is 27.7 Å². The summed E-state index contributed by atoms with van der Waals surface area (Å²) in [6.45, 7) is 6.04. The zero-order chi connectivity index (χ0) is 13.1. The van der Waals surface area contributed by atoms with Crippen molar-refractivity contribution in [3.8, 4) is 11.8 Å². The minimum absolute atomic E-state index is 0.704. The lowest BCUT2D eigenvalue weighted by molar-refractivity contribution is 0.828. The molecular weight excluding hydrogens is 242 g/mol. The summed E-state index contributed by atoms with van der Waals surface area (Å²) in [5.41, 5.74) is 3.57. The Labute approximate surface area is 111 Å². The normalized spacial score (nSPS) is 10.3. The number of thioether (sulfide) groups is 1. The van der Waals surface area contributed by atoms with Crippen LogP contribution in [0.4, 0.5) is 0 Å². The third-order valence-corrected chi connectivity index (χ3v) is 3.59. The second-order valence-electron chi connectivity index (χ2n) is 4.03. The summed E-state index contributed by atoms with van der Waals surface area (Å²) in [5.74, 6) is 0.954. The van der Waals surface area contributed by atoms with Crippen LogP contribution in [0, 0.1) is 25.2 Å². The minimum atomic E-state index is 0.704. The van der Waals surface area contributed by atoms with Crippen LogP contribution in [0.1, 0.15) is 23.9 Å². The summed E-state index contributed by atoms with van der Waals surface area (Å²) in [7, 11) is 0. The van der Waals surface area contributed by atoms with Crippen LogP contribution in [0.25, 0.3) is 5.69 Å². The summed E-state index contributed by atoms with van der Waals surface area (Å²) < 4.78 is 1.84. The summed E-state index contributed by atoms with van der Waals surface area (Å²) in [5, 5.41) is 13.8. The van der Waals surface area contributed by atoms with Gasteiger partial charge in [-0.3, -0.25) is 0 Å². The maximum atomic E-state index is 9.38. The van der Waals surface area contributed by atoms with Crippen molar-refractivity contribution in [2.24, 2.45) is 0 Å². The first-order chi connectivity index (χ1) is 8.67. The highest BCUT2D eigenvalue weighted by molar-refractivity contribution is 7.99. The molecule has 0 spiro atoms. The first-order valence-electron chi connectivity index (χ1n) is 5.87. The maximum Gasteiger partial charge on any atom is 0.103 e. The Balaban J connectivity index is 2.61.